The molecule has 0 aliphatic heterocycles. The van der Waals surface area contributed by atoms with E-state index in [2.05, 4.69) is 0 Å². The summed E-state index contributed by atoms with van der Waals surface area (Å²) in [6, 6.07) is 7.60. The lowest BCUT2D eigenvalue weighted by molar-refractivity contribution is -0.141. The van der Waals surface area contributed by atoms with Crippen LogP contribution in [0, 0.1) is 5.41 Å². The molecule has 1 aliphatic rings. The van der Waals surface area contributed by atoms with Crippen LogP contribution in [0.4, 0.5) is 0 Å². The number of halogens is 1. The van der Waals surface area contributed by atoms with Crippen LogP contribution in [0.1, 0.15) is 38.2 Å². The molecule has 102 valence electrons. The van der Waals surface area contributed by atoms with Crippen LogP contribution in [0.2, 0.25) is 5.02 Å². The van der Waals surface area contributed by atoms with Crippen molar-refractivity contribution in [3.8, 4) is 0 Å². The SMILES string of the molecule is CCOC(=O)CC(=N)C1(c2ccc(Cl)cc2)CCC1. The van der Waals surface area contributed by atoms with Crippen molar-refractivity contribution in [2.24, 2.45) is 0 Å². The van der Waals surface area contributed by atoms with Gasteiger partial charge in [-0.2, -0.15) is 0 Å². The fourth-order valence-electron chi connectivity index (χ4n) is 2.59. The van der Waals surface area contributed by atoms with Gasteiger partial charge in [-0.15, -0.1) is 0 Å². The highest BCUT2D eigenvalue weighted by Gasteiger charge is 2.43. The predicted octanol–water partition coefficient (Wildman–Crippen LogP) is 3.73. The number of hydrogen-bond donors (Lipinski definition) is 1. The molecule has 0 radical (unpaired) electrons. The molecule has 2 rings (SSSR count). The highest BCUT2D eigenvalue weighted by atomic mass is 35.5. The average molecular weight is 280 g/mol. The van der Waals surface area contributed by atoms with E-state index in [9.17, 15) is 4.79 Å². The Labute approximate surface area is 118 Å². The topological polar surface area (TPSA) is 50.2 Å². The molecule has 0 amide bonds. The van der Waals surface area contributed by atoms with Crippen LogP contribution >= 0.6 is 11.6 Å². The lowest BCUT2D eigenvalue weighted by Gasteiger charge is -2.42. The van der Waals surface area contributed by atoms with Crippen LogP contribution in [0.15, 0.2) is 24.3 Å². The Morgan fingerprint density at radius 3 is 2.47 bits per heavy atom. The summed E-state index contributed by atoms with van der Waals surface area (Å²) in [6.07, 6.45) is 3.02. The van der Waals surface area contributed by atoms with E-state index < -0.39 is 0 Å². The maximum Gasteiger partial charge on any atom is 0.311 e. The summed E-state index contributed by atoms with van der Waals surface area (Å²) < 4.78 is 4.93. The first-order chi connectivity index (χ1) is 9.08. The monoisotopic (exact) mass is 279 g/mol. The minimum Gasteiger partial charge on any atom is -0.466 e. The van der Waals surface area contributed by atoms with Gasteiger partial charge in [-0.1, -0.05) is 30.2 Å². The highest BCUT2D eigenvalue weighted by Crippen LogP contribution is 2.45. The smallest absolute Gasteiger partial charge is 0.311 e. The summed E-state index contributed by atoms with van der Waals surface area (Å²) in [4.78, 5) is 11.5. The van der Waals surface area contributed by atoms with Crippen LogP contribution in [0.25, 0.3) is 0 Å². The number of benzene rings is 1. The van der Waals surface area contributed by atoms with Gasteiger partial charge in [0.15, 0.2) is 0 Å². The number of rotatable bonds is 5. The van der Waals surface area contributed by atoms with Gasteiger partial charge in [0, 0.05) is 16.1 Å². The van der Waals surface area contributed by atoms with Gasteiger partial charge in [-0.3, -0.25) is 4.79 Å². The third-order valence-electron chi connectivity index (χ3n) is 3.81. The highest BCUT2D eigenvalue weighted by molar-refractivity contribution is 6.30. The van der Waals surface area contributed by atoms with E-state index in [4.69, 9.17) is 21.7 Å². The van der Waals surface area contributed by atoms with Crippen LogP contribution in [0.3, 0.4) is 0 Å². The van der Waals surface area contributed by atoms with Crippen LogP contribution in [-0.4, -0.2) is 18.3 Å². The Hall–Kier alpha value is -1.35. The first kappa shape index (κ1) is 14.1. The van der Waals surface area contributed by atoms with Gasteiger partial charge in [0.1, 0.15) is 0 Å². The Balaban J connectivity index is 2.16. The van der Waals surface area contributed by atoms with E-state index in [1.54, 1.807) is 6.92 Å². The van der Waals surface area contributed by atoms with E-state index in [0.717, 1.165) is 24.8 Å². The molecule has 1 N–H and O–H groups in total. The Bertz CT molecular complexity index is 477. The number of ether oxygens (including phenoxy) is 1. The molecule has 0 saturated heterocycles. The van der Waals surface area contributed by atoms with E-state index in [0.29, 0.717) is 17.3 Å². The van der Waals surface area contributed by atoms with Gasteiger partial charge in [0.05, 0.1) is 13.0 Å². The molecule has 4 heteroatoms. The molecular formula is C15H18ClNO2. The summed E-state index contributed by atoms with van der Waals surface area (Å²) in [6.45, 7) is 2.14. The van der Waals surface area contributed by atoms with Crippen molar-refractivity contribution >= 4 is 23.3 Å². The molecule has 0 unspecified atom stereocenters. The minimum absolute atomic E-state index is 0.0798. The van der Waals surface area contributed by atoms with Crippen LogP contribution < -0.4 is 0 Å². The van der Waals surface area contributed by atoms with Crippen LogP contribution in [-0.2, 0) is 14.9 Å². The third kappa shape index (κ3) is 2.81. The van der Waals surface area contributed by atoms with Crippen molar-refractivity contribution in [3.05, 3.63) is 34.9 Å². The minimum atomic E-state index is -0.312. The summed E-state index contributed by atoms with van der Waals surface area (Å²) in [5, 5.41) is 8.95. The molecule has 1 fully saturated rings. The predicted molar refractivity (Wildman–Crippen MR) is 76.0 cm³/mol. The molecule has 0 aromatic heterocycles. The third-order valence-corrected chi connectivity index (χ3v) is 4.06. The molecule has 19 heavy (non-hydrogen) atoms. The second-order valence-electron chi connectivity index (χ2n) is 4.90. The first-order valence-corrected chi connectivity index (χ1v) is 6.96. The van der Waals surface area contributed by atoms with Gasteiger partial charge in [0.2, 0.25) is 0 Å². The number of esters is 1. The Morgan fingerprint density at radius 2 is 2.00 bits per heavy atom. The normalized spacial score (nSPS) is 16.5. The summed E-state index contributed by atoms with van der Waals surface area (Å²) in [5.74, 6) is -0.312. The van der Waals surface area contributed by atoms with Crippen molar-refractivity contribution in [3.63, 3.8) is 0 Å². The standard InChI is InChI=1S/C15H18ClNO2/c1-2-19-14(18)10-13(17)15(8-3-9-15)11-4-6-12(16)7-5-11/h4-7,17H,2-3,8-10H2,1H3. The molecule has 1 aromatic rings. The molecule has 0 spiro atoms. The zero-order valence-corrected chi connectivity index (χ0v) is 11.8. The zero-order chi connectivity index (χ0) is 13.9. The fraction of sp³-hybridized carbons (Fsp3) is 0.467. The zero-order valence-electron chi connectivity index (χ0n) is 11.0. The van der Waals surface area contributed by atoms with E-state index in [1.165, 1.54) is 0 Å². The largest absolute Gasteiger partial charge is 0.466 e. The number of carbonyl (C=O) groups is 1. The van der Waals surface area contributed by atoms with Crippen molar-refractivity contribution in [2.75, 3.05) is 6.61 Å². The summed E-state index contributed by atoms with van der Waals surface area (Å²) in [5.41, 5.74) is 1.26. The van der Waals surface area contributed by atoms with E-state index in [1.807, 2.05) is 24.3 Å². The first-order valence-electron chi connectivity index (χ1n) is 6.58. The summed E-state index contributed by atoms with van der Waals surface area (Å²) >= 11 is 5.90. The molecular weight excluding hydrogens is 262 g/mol. The van der Waals surface area contributed by atoms with E-state index in [-0.39, 0.29) is 17.8 Å². The molecule has 1 aliphatic carbocycles. The van der Waals surface area contributed by atoms with Crippen molar-refractivity contribution in [1.82, 2.24) is 0 Å². The Morgan fingerprint density at radius 1 is 1.37 bits per heavy atom. The fourth-order valence-corrected chi connectivity index (χ4v) is 2.72. The number of nitrogens with one attached hydrogen (secondary N) is 1. The molecule has 1 saturated carbocycles. The quantitative estimate of drug-likeness (QED) is 0.659. The molecule has 1 aromatic carbocycles. The van der Waals surface area contributed by atoms with Crippen molar-refractivity contribution < 1.29 is 9.53 Å². The Kier molecular flexibility index (Phi) is 4.25. The average Bonchev–Trinajstić information content (AvgIpc) is 2.30. The maximum atomic E-state index is 11.5. The summed E-state index contributed by atoms with van der Waals surface area (Å²) in [7, 11) is 0. The lowest BCUT2D eigenvalue weighted by atomic mass is 9.61. The number of carbonyl (C=O) groups excluding carboxylic acids is 1. The molecule has 0 heterocycles. The van der Waals surface area contributed by atoms with Gasteiger partial charge in [-0.05, 0) is 37.5 Å². The van der Waals surface area contributed by atoms with E-state index >= 15 is 0 Å². The lowest BCUT2D eigenvalue weighted by Crippen LogP contribution is -2.43. The second kappa shape index (κ2) is 5.74. The van der Waals surface area contributed by atoms with Gasteiger partial charge in [-0.25, -0.2) is 0 Å². The molecule has 0 atom stereocenters. The molecule has 3 nitrogen and oxygen atoms in total. The second-order valence-corrected chi connectivity index (χ2v) is 5.34. The van der Waals surface area contributed by atoms with Gasteiger partial charge >= 0.3 is 5.97 Å². The van der Waals surface area contributed by atoms with Crippen molar-refractivity contribution in [2.45, 2.75) is 38.0 Å². The molecule has 0 bridgehead atoms. The maximum absolute atomic E-state index is 11.5. The van der Waals surface area contributed by atoms with Crippen molar-refractivity contribution in [1.29, 1.82) is 5.41 Å². The van der Waals surface area contributed by atoms with Gasteiger partial charge < -0.3 is 10.1 Å². The van der Waals surface area contributed by atoms with Gasteiger partial charge in [0.25, 0.3) is 0 Å². The number of hydrogen-bond acceptors (Lipinski definition) is 3. The van der Waals surface area contributed by atoms with Crippen LogP contribution in [0.5, 0.6) is 0 Å².